The van der Waals surface area contributed by atoms with Crippen molar-refractivity contribution in [2.24, 2.45) is 4.99 Å². The van der Waals surface area contributed by atoms with Gasteiger partial charge in [-0.2, -0.15) is 0 Å². The second-order valence-corrected chi connectivity index (χ2v) is 9.93. The maximum absolute atomic E-state index is 12.0. The van der Waals surface area contributed by atoms with Crippen LogP contribution in [0.3, 0.4) is 0 Å². The first-order valence-corrected chi connectivity index (χ1v) is 11.0. The molecule has 0 aromatic heterocycles. The fourth-order valence-electron chi connectivity index (χ4n) is 3.07. The van der Waals surface area contributed by atoms with Crippen molar-refractivity contribution in [3.8, 4) is 0 Å². The molecule has 2 aliphatic rings. The van der Waals surface area contributed by atoms with Crippen molar-refractivity contribution in [1.29, 1.82) is 0 Å². The van der Waals surface area contributed by atoms with Gasteiger partial charge >= 0.3 is 0 Å². The molecule has 1 amide bonds. The molecule has 8 heteroatoms. The summed E-state index contributed by atoms with van der Waals surface area (Å²) >= 11 is 1.38. The highest BCUT2D eigenvalue weighted by atomic mass is 32.2. The van der Waals surface area contributed by atoms with Gasteiger partial charge in [0.1, 0.15) is 0 Å². The van der Waals surface area contributed by atoms with E-state index in [9.17, 15) is 13.2 Å². The molecule has 0 bridgehead atoms. The second-order valence-electron chi connectivity index (χ2n) is 6.84. The average Bonchev–Trinajstić information content (AvgIpc) is 2.98. The van der Waals surface area contributed by atoms with Crippen LogP contribution >= 0.6 is 11.8 Å². The van der Waals surface area contributed by atoms with E-state index < -0.39 is 9.84 Å². The standard InChI is InChI=1S/C17H23N3O3S2/c1-11-5-6-13(7-12(11)2)20-15-10-25(22,23)9-14(15)18-17(20)24-8-16(21)19(3)4/h5-7,14-15H,8-10H2,1-4H3. The molecule has 0 saturated carbocycles. The van der Waals surface area contributed by atoms with Crippen LogP contribution in [0.5, 0.6) is 0 Å². The monoisotopic (exact) mass is 381 g/mol. The molecule has 6 nitrogen and oxygen atoms in total. The Morgan fingerprint density at radius 2 is 2.00 bits per heavy atom. The van der Waals surface area contributed by atoms with E-state index in [4.69, 9.17) is 0 Å². The Labute approximate surface area is 153 Å². The van der Waals surface area contributed by atoms with Crippen LogP contribution in [-0.2, 0) is 14.6 Å². The number of carbonyl (C=O) groups excluding carboxylic acids is 1. The van der Waals surface area contributed by atoms with Crippen molar-refractivity contribution < 1.29 is 13.2 Å². The molecular formula is C17H23N3O3S2. The molecule has 2 heterocycles. The zero-order valence-corrected chi connectivity index (χ0v) is 16.5. The predicted octanol–water partition coefficient (Wildman–Crippen LogP) is 1.47. The number of amides is 1. The van der Waals surface area contributed by atoms with Crippen molar-refractivity contribution in [1.82, 2.24) is 4.90 Å². The average molecular weight is 382 g/mol. The number of carbonyl (C=O) groups is 1. The molecule has 0 radical (unpaired) electrons. The molecule has 136 valence electrons. The molecule has 2 aliphatic heterocycles. The Balaban J connectivity index is 1.91. The Kier molecular flexibility index (Phi) is 4.85. The van der Waals surface area contributed by atoms with Crippen molar-refractivity contribution in [3.05, 3.63) is 29.3 Å². The van der Waals surface area contributed by atoms with E-state index in [2.05, 4.69) is 11.1 Å². The van der Waals surface area contributed by atoms with E-state index >= 15 is 0 Å². The highest BCUT2D eigenvalue weighted by molar-refractivity contribution is 8.14. The maximum Gasteiger partial charge on any atom is 0.232 e. The Morgan fingerprint density at radius 1 is 1.28 bits per heavy atom. The van der Waals surface area contributed by atoms with Gasteiger partial charge in [0.15, 0.2) is 15.0 Å². The van der Waals surface area contributed by atoms with Crippen LogP contribution in [-0.4, -0.2) is 67.8 Å². The van der Waals surface area contributed by atoms with Crippen LogP contribution in [0.15, 0.2) is 23.2 Å². The number of benzene rings is 1. The predicted molar refractivity (Wildman–Crippen MR) is 103 cm³/mol. The number of anilines is 1. The van der Waals surface area contributed by atoms with Gasteiger partial charge in [-0.05, 0) is 37.1 Å². The molecule has 0 spiro atoms. The number of nitrogens with zero attached hydrogens (tertiary/aromatic N) is 3. The first-order chi connectivity index (χ1) is 11.7. The molecular weight excluding hydrogens is 358 g/mol. The topological polar surface area (TPSA) is 70.1 Å². The van der Waals surface area contributed by atoms with E-state index in [1.807, 2.05) is 30.9 Å². The van der Waals surface area contributed by atoms with Gasteiger partial charge in [-0.3, -0.25) is 9.79 Å². The normalized spacial score (nSPS) is 24.2. The SMILES string of the molecule is Cc1ccc(N2C(SCC(=O)N(C)C)=NC3CS(=O)(=O)CC32)cc1C. The van der Waals surface area contributed by atoms with Gasteiger partial charge in [-0.25, -0.2) is 8.42 Å². The van der Waals surface area contributed by atoms with Crippen molar-refractivity contribution >= 4 is 38.4 Å². The van der Waals surface area contributed by atoms with Gasteiger partial charge in [0.05, 0.1) is 29.3 Å². The number of sulfone groups is 1. The summed E-state index contributed by atoms with van der Waals surface area (Å²) in [6.45, 7) is 4.09. The minimum Gasteiger partial charge on any atom is -0.348 e. The largest absolute Gasteiger partial charge is 0.348 e. The lowest BCUT2D eigenvalue weighted by atomic mass is 10.1. The molecule has 1 aromatic rings. The summed E-state index contributed by atoms with van der Waals surface area (Å²) < 4.78 is 24.1. The van der Waals surface area contributed by atoms with Crippen LogP contribution in [0.2, 0.25) is 0 Å². The minimum absolute atomic E-state index is 0.0115. The van der Waals surface area contributed by atoms with Crippen LogP contribution < -0.4 is 4.90 Å². The highest BCUT2D eigenvalue weighted by Crippen LogP contribution is 2.35. The van der Waals surface area contributed by atoms with E-state index in [-0.39, 0.29) is 29.5 Å². The third kappa shape index (κ3) is 3.69. The first-order valence-electron chi connectivity index (χ1n) is 8.15. The van der Waals surface area contributed by atoms with Crippen LogP contribution in [0.1, 0.15) is 11.1 Å². The lowest BCUT2D eigenvalue weighted by Crippen LogP contribution is -2.39. The number of fused-ring (bicyclic) bond motifs is 1. The van der Waals surface area contributed by atoms with Crippen LogP contribution in [0, 0.1) is 13.8 Å². The van der Waals surface area contributed by atoms with Crippen molar-refractivity contribution in [2.75, 3.05) is 36.3 Å². The Bertz CT molecular complexity index is 834. The number of amidine groups is 1. The number of aryl methyl sites for hydroxylation is 2. The molecule has 2 atom stereocenters. The quantitative estimate of drug-likeness (QED) is 0.793. The molecule has 2 unspecified atom stereocenters. The minimum atomic E-state index is -3.07. The molecule has 1 aromatic carbocycles. The maximum atomic E-state index is 12.0. The summed E-state index contributed by atoms with van der Waals surface area (Å²) in [7, 11) is 0.382. The second kappa shape index (κ2) is 6.64. The van der Waals surface area contributed by atoms with Crippen molar-refractivity contribution in [2.45, 2.75) is 25.9 Å². The fourth-order valence-corrected chi connectivity index (χ4v) is 6.01. The van der Waals surface area contributed by atoms with Gasteiger partial charge in [0.25, 0.3) is 0 Å². The molecule has 25 heavy (non-hydrogen) atoms. The molecule has 1 saturated heterocycles. The van der Waals surface area contributed by atoms with E-state index in [1.165, 1.54) is 17.3 Å². The fraction of sp³-hybridized carbons (Fsp3) is 0.529. The van der Waals surface area contributed by atoms with Crippen LogP contribution in [0.25, 0.3) is 0 Å². The van der Waals surface area contributed by atoms with Gasteiger partial charge in [0, 0.05) is 19.8 Å². The first kappa shape index (κ1) is 18.3. The zero-order chi connectivity index (χ0) is 18.4. The van der Waals surface area contributed by atoms with Crippen LogP contribution in [0.4, 0.5) is 5.69 Å². The molecule has 0 aliphatic carbocycles. The third-order valence-electron chi connectivity index (χ3n) is 4.70. The van der Waals surface area contributed by atoms with Gasteiger partial charge in [-0.15, -0.1) is 0 Å². The number of hydrogen-bond donors (Lipinski definition) is 0. The van der Waals surface area contributed by atoms with Crippen molar-refractivity contribution in [3.63, 3.8) is 0 Å². The number of thioether (sulfide) groups is 1. The number of hydrogen-bond acceptors (Lipinski definition) is 6. The lowest BCUT2D eigenvalue weighted by Gasteiger charge is -2.27. The number of rotatable bonds is 3. The smallest absolute Gasteiger partial charge is 0.232 e. The molecule has 3 rings (SSSR count). The summed E-state index contributed by atoms with van der Waals surface area (Å²) in [5.41, 5.74) is 3.28. The molecule has 1 fully saturated rings. The van der Waals surface area contributed by atoms with Gasteiger partial charge in [-0.1, -0.05) is 17.8 Å². The summed E-state index contributed by atoms with van der Waals surface area (Å²) in [5, 5.41) is 0.739. The van der Waals surface area contributed by atoms with E-state index in [1.54, 1.807) is 19.0 Å². The van der Waals surface area contributed by atoms with E-state index in [0.29, 0.717) is 5.75 Å². The summed E-state index contributed by atoms with van der Waals surface area (Å²) in [6, 6.07) is 5.67. The third-order valence-corrected chi connectivity index (χ3v) is 7.35. The molecule has 0 N–H and O–H groups in total. The van der Waals surface area contributed by atoms with Gasteiger partial charge in [0.2, 0.25) is 5.91 Å². The van der Waals surface area contributed by atoms with Gasteiger partial charge < -0.3 is 9.80 Å². The van der Waals surface area contributed by atoms with E-state index in [0.717, 1.165) is 16.4 Å². The Morgan fingerprint density at radius 3 is 2.64 bits per heavy atom. The highest BCUT2D eigenvalue weighted by Gasteiger charge is 2.47. The summed E-state index contributed by atoms with van der Waals surface area (Å²) in [6.07, 6.45) is 0. The summed E-state index contributed by atoms with van der Waals surface area (Å²) in [4.78, 5) is 20.1. The lowest BCUT2D eigenvalue weighted by molar-refractivity contribution is -0.125. The Hall–Kier alpha value is -1.54. The number of aliphatic imine (C=N–C) groups is 1. The summed E-state index contributed by atoms with van der Waals surface area (Å²) in [5.74, 6) is 0.501. The zero-order valence-electron chi connectivity index (χ0n) is 14.9.